The van der Waals surface area contributed by atoms with Gasteiger partial charge in [-0.25, -0.2) is 4.39 Å². The van der Waals surface area contributed by atoms with Crippen LogP contribution < -0.4 is 5.32 Å². The molecule has 1 rings (SSSR count). The van der Waals surface area contributed by atoms with Crippen molar-refractivity contribution in [2.75, 3.05) is 6.54 Å². The fourth-order valence-electron chi connectivity index (χ4n) is 2.02. The van der Waals surface area contributed by atoms with Gasteiger partial charge in [-0.1, -0.05) is 45.4 Å². The second-order valence-electron chi connectivity index (χ2n) is 5.39. The van der Waals surface area contributed by atoms with E-state index in [9.17, 15) is 4.39 Å². The van der Waals surface area contributed by atoms with Gasteiger partial charge in [-0.15, -0.1) is 0 Å². The van der Waals surface area contributed by atoms with Gasteiger partial charge in [-0.2, -0.15) is 0 Å². The molecule has 1 atom stereocenters. The van der Waals surface area contributed by atoms with E-state index < -0.39 is 0 Å². The van der Waals surface area contributed by atoms with Crippen LogP contribution in [0.1, 0.15) is 39.7 Å². The van der Waals surface area contributed by atoms with Crippen molar-refractivity contribution >= 4 is 11.6 Å². The lowest BCUT2D eigenvalue weighted by molar-refractivity contribution is 0.233. The Bertz CT molecular complexity index is 390. The van der Waals surface area contributed by atoms with Crippen LogP contribution in [0.2, 0.25) is 5.02 Å². The van der Waals surface area contributed by atoms with Gasteiger partial charge in [-0.3, -0.25) is 0 Å². The Morgan fingerprint density at radius 2 is 2.00 bits per heavy atom. The number of nitrogens with one attached hydrogen (secondary N) is 1. The van der Waals surface area contributed by atoms with Crippen LogP contribution in [0.15, 0.2) is 18.2 Å². The van der Waals surface area contributed by atoms with E-state index in [-0.39, 0.29) is 11.2 Å². The molecule has 18 heavy (non-hydrogen) atoms. The zero-order chi connectivity index (χ0) is 13.8. The highest BCUT2D eigenvalue weighted by atomic mass is 35.5. The van der Waals surface area contributed by atoms with Gasteiger partial charge in [0.1, 0.15) is 5.82 Å². The van der Waals surface area contributed by atoms with Crippen LogP contribution in [0.3, 0.4) is 0 Å². The highest BCUT2D eigenvalue weighted by Crippen LogP contribution is 2.29. The summed E-state index contributed by atoms with van der Waals surface area (Å²) >= 11 is 6.10. The molecule has 0 spiro atoms. The van der Waals surface area contributed by atoms with Gasteiger partial charge in [0.2, 0.25) is 0 Å². The van der Waals surface area contributed by atoms with Gasteiger partial charge in [0, 0.05) is 11.1 Å². The maximum atomic E-state index is 13.0. The third-order valence-electron chi connectivity index (χ3n) is 3.74. The largest absolute Gasteiger partial charge is 0.313 e. The van der Waals surface area contributed by atoms with Crippen LogP contribution in [0.5, 0.6) is 0 Å². The van der Waals surface area contributed by atoms with E-state index in [1.807, 2.05) is 0 Å². The Hall–Kier alpha value is -0.600. The van der Waals surface area contributed by atoms with Crippen molar-refractivity contribution in [3.63, 3.8) is 0 Å². The van der Waals surface area contributed by atoms with Crippen LogP contribution in [0.4, 0.5) is 4.39 Å². The lowest BCUT2D eigenvalue weighted by atomic mass is 9.79. The van der Waals surface area contributed by atoms with Gasteiger partial charge in [-0.05, 0) is 42.5 Å². The van der Waals surface area contributed by atoms with Crippen LogP contribution in [0.25, 0.3) is 0 Å². The molecule has 0 bridgehead atoms. The minimum atomic E-state index is -0.279. The summed E-state index contributed by atoms with van der Waals surface area (Å²) in [6.45, 7) is 9.71. The van der Waals surface area contributed by atoms with Crippen LogP contribution in [-0.4, -0.2) is 12.6 Å². The Balaban J connectivity index is 2.89. The van der Waals surface area contributed by atoms with E-state index in [1.165, 1.54) is 12.1 Å². The molecule has 0 saturated carbocycles. The minimum Gasteiger partial charge on any atom is -0.313 e. The molecule has 0 saturated heterocycles. The summed E-state index contributed by atoms with van der Waals surface area (Å²) in [5.74, 6) is -0.279. The lowest BCUT2D eigenvalue weighted by Crippen LogP contribution is -2.43. The van der Waals surface area contributed by atoms with Crippen LogP contribution in [0, 0.1) is 11.2 Å². The lowest BCUT2D eigenvalue weighted by Gasteiger charge is -2.34. The predicted molar refractivity (Wildman–Crippen MR) is 76.7 cm³/mol. The second kappa shape index (κ2) is 6.53. The second-order valence-corrected chi connectivity index (χ2v) is 5.80. The molecule has 0 aliphatic heterocycles. The van der Waals surface area contributed by atoms with Gasteiger partial charge >= 0.3 is 0 Å². The van der Waals surface area contributed by atoms with Gasteiger partial charge < -0.3 is 5.32 Å². The Morgan fingerprint density at radius 3 is 2.50 bits per heavy atom. The van der Waals surface area contributed by atoms with E-state index in [0.29, 0.717) is 11.1 Å². The third-order valence-corrected chi connectivity index (χ3v) is 4.10. The van der Waals surface area contributed by atoms with Crippen LogP contribution in [-0.2, 0) is 6.42 Å². The summed E-state index contributed by atoms with van der Waals surface area (Å²) < 4.78 is 13.0. The molecular formula is C15H23ClFN. The molecule has 0 fully saturated rings. The summed E-state index contributed by atoms with van der Waals surface area (Å²) in [5.41, 5.74) is 1.19. The Morgan fingerprint density at radius 1 is 1.33 bits per heavy atom. The summed E-state index contributed by atoms with van der Waals surface area (Å²) in [7, 11) is 0. The Labute approximate surface area is 115 Å². The zero-order valence-electron chi connectivity index (χ0n) is 11.7. The predicted octanol–water partition coefficient (Wildman–Crippen LogP) is 4.44. The first-order valence-electron chi connectivity index (χ1n) is 6.58. The molecule has 1 N–H and O–H groups in total. The van der Waals surface area contributed by atoms with Crippen molar-refractivity contribution in [3.05, 3.63) is 34.6 Å². The fraction of sp³-hybridized carbons (Fsp3) is 0.600. The first-order chi connectivity index (χ1) is 8.40. The average Bonchev–Trinajstić information content (AvgIpc) is 2.31. The highest BCUT2D eigenvalue weighted by Gasteiger charge is 2.27. The molecule has 0 aliphatic rings. The average molecular weight is 272 g/mol. The van der Waals surface area contributed by atoms with Crippen molar-refractivity contribution in [2.45, 2.75) is 46.6 Å². The number of rotatable bonds is 6. The molecule has 102 valence electrons. The molecule has 3 heteroatoms. The minimum absolute atomic E-state index is 0.188. The molecule has 1 nitrogen and oxygen atoms in total. The number of hydrogen-bond donors (Lipinski definition) is 1. The number of likely N-dealkylation sites (N-methyl/N-ethyl adjacent to an activating group) is 1. The van der Waals surface area contributed by atoms with E-state index in [4.69, 9.17) is 11.6 Å². The van der Waals surface area contributed by atoms with Crippen molar-refractivity contribution in [1.29, 1.82) is 0 Å². The first kappa shape index (κ1) is 15.5. The third kappa shape index (κ3) is 3.96. The van der Waals surface area contributed by atoms with E-state index in [2.05, 4.69) is 33.0 Å². The maximum Gasteiger partial charge on any atom is 0.124 e. The van der Waals surface area contributed by atoms with E-state index >= 15 is 0 Å². The molecule has 0 amide bonds. The quantitative estimate of drug-likeness (QED) is 0.807. The van der Waals surface area contributed by atoms with Gasteiger partial charge in [0.15, 0.2) is 0 Å². The molecule has 0 radical (unpaired) electrons. The molecule has 0 aliphatic carbocycles. The van der Waals surface area contributed by atoms with E-state index in [0.717, 1.165) is 24.9 Å². The van der Waals surface area contributed by atoms with Crippen molar-refractivity contribution in [2.24, 2.45) is 5.41 Å². The van der Waals surface area contributed by atoms with Gasteiger partial charge in [0.25, 0.3) is 0 Å². The normalized spacial score (nSPS) is 13.7. The molecule has 1 unspecified atom stereocenters. The van der Waals surface area contributed by atoms with Crippen LogP contribution >= 0.6 is 11.6 Å². The molecule has 0 heterocycles. The smallest absolute Gasteiger partial charge is 0.124 e. The number of halogens is 2. The molecule has 0 aromatic heterocycles. The SMILES string of the molecule is CCNC(Cc1ccc(F)cc1Cl)C(C)(C)CC. The maximum absolute atomic E-state index is 13.0. The number of benzene rings is 1. The van der Waals surface area contributed by atoms with E-state index in [1.54, 1.807) is 6.07 Å². The Kier molecular flexibility index (Phi) is 5.61. The van der Waals surface area contributed by atoms with Crippen molar-refractivity contribution in [3.8, 4) is 0 Å². The van der Waals surface area contributed by atoms with Gasteiger partial charge in [0.05, 0.1) is 0 Å². The summed E-state index contributed by atoms with van der Waals surface area (Å²) in [4.78, 5) is 0. The zero-order valence-corrected chi connectivity index (χ0v) is 12.4. The molecular weight excluding hydrogens is 249 g/mol. The first-order valence-corrected chi connectivity index (χ1v) is 6.95. The summed E-state index contributed by atoms with van der Waals surface area (Å²) in [5, 5.41) is 4.03. The number of hydrogen-bond acceptors (Lipinski definition) is 1. The molecule has 1 aromatic carbocycles. The van der Waals surface area contributed by atoms with Crippen molar-refractivity contribution in [1.82, 2.24) is 5.32 Å². The summed E-state index contributed by atoms with van der Waals surface area (Å²) in [6.07, 6.45) is 1.91. The highest BCUT2D eigenvalue weighted by molar-refractivity contribution is 6.31. The summed E-state index contributed by atoms with van der Waals surface area (Å²) in [6, 6.07) is 4.99. The van der Waals surface area contributed by atoms with Crippen molar-refractivity contribution < 1.29 is 4.39 Å². The fourth-order valence-corrected chi connectivity index (χ4v) is 2.27. The molecule has 1 aromatic rings. The monoisotopic (exact) mass is 271 g/mol. The standard InChI is InChI=1S/C15H23ClFN/c1-5-15(3,4)14(18-6-2)9-11-7-8-12(17)10-13(11)16/h7-8,10,14,18H,5-6,9H2,1-4H3. The topological polar surface area (TPSA) is 12.0 Å².